The number of piperazine rings is 1. The van der Waals surface area contributed by atoms with Gasteiger partial charge in [-0.05, 0) is 17.9 Å². The predicted octanol–water partition coefficient (Wildman–Crippen LogP) is -0.420. The molecule has 0 aromatic heterocycles. The molecule has 0 saturated carbocycles. The topological polar surface area (TPSA) is 98.7 Å². The summed E-state index contributed by atoms with van der Waals surface area (Å²) in [5.41, 5.74) is 0. The third-order valence-corrected chi connectivity index (χ3v) is 3.68. The first-order valence-electron chi connectivity index (χ1n) is 5.98. The van der Waals surface area contributed by atoms with Crippen LogP contribution in [0, 0.1) is 5.92 Å². The minimum Gasteiger partial charge on any atom is -0.480 e. The largest absolute Gasteiger partial charge is 0.480 e. The van der Waals surface area contributed by atoms with Crippen molar-refractivity contribution in [3.8, 4) is 0 Å². The summed E-state index contributed by atoms with van der Waals surface area (Å²) in [6.45, 7) is 2.18. The van der Waals surface area contributed by atoms with Crippen LogP contribution < -0.4 is 10.6 Å². The normalized spacial score (nSPS) is 20.6. The van der Waals surface area contributed by atoms with Crippen molar-refractivity contribution >= 4 is 29.7 Å². The third kappa shape index (κ3) is 4.62. The Labute approximate surface area is 116 Å². The number of carboxylic acid groups (broad SMARTS) is 1. The molecule has 8 heteroatoms. The molecule has 3 amide bonds. The average Bonchev–Trinajstić information content (AvgIpc) is 2.35. The maximum absolute atomic E-state index is 11.9. The summed E-state index contributed by atoms with van der Waals surface area (Å²) in [7, 11) is 0. The predicted molar refractivity (Wildman–Crippen MR) is 72.1 cm³/mol. The zero-order valence-electron chi connectivity index (χ0n) is 11.0. The second kappa shape index (κ2) is 7.22. The number of thioether (sulfide) groups is 1. The van der Waals surface area contributed by atoms with Gasteiger partial charge >= 0.3 is 12.0 Å². The molecule has 3 N–H and O–H groups in total. The lowest BCUT2D eigenvalue weighted by molar-refractivity contribution is -0.144. The maximum atomic E-state index is 11.9. The lowest BCUT2D eigenvalue weighted by atomic mass is 10.2. The summed E-state index contributed by atoms with van der Waals surface area (Å²) < 4.78 is 0. The van der Waals surface area contributed by atoms with E-state index < -0.39 is 18.0 Å². The van der Waals surface area contributed by atoms with E-state index in [2.05, 4.69) is 10.6 Å². The molecule has 1 aliphatic heterocycles. The number of urea groups is 1. The number of rotatable bonds is 5. The van der Waals surface area contributed by atoms with Crippen molar-refractivity contribution in [2.75, 3.05) is 31.6 Å². The molecule has 2 unspecified atom stereocenters. The third-order valence-electron chi connectivity index (χ3n) is 2.78. The number of hydrogen-bond donors (Lipinski definition) is 3. The van der Waals surface area contributed by atoms with Crippen molar-refractivity contribution in [1.29, 1.82) is 0 Å². The van der Waals surface area contributed by atoms with Crippen molar-refractivity contribution in [2.24, 2.45) is 5.92 Å². The van der Waals surface area contributed by atoms with Crippen LogP contribution in [-0.2, 0) is 9.59 Å². The molecule has 1 saturated heterocycles. The fraction of sp³-hybridized carbons (Fsp3) is 0.727. The van der Waals surface area contributed by atoms with Gasteiger partial charge in [-0.25, -0.2) is 9.59 Å². The van der Waals surface area contributed by atoms with Gasteiger partial charge in [0.1, 0.15) is 12.6 Å². The standard InChI is InChI=1S/C11H19N3O4S/c1-7(6-19-2)3-13-11(18)14-5-9(15)12-4-8(14)10(16)17/h7-8H,3-6H2,1-2H3,(H,12,15)(H,13,18)(H,16,17). The van der Waals surface area contributed by atoms with Crippen molar-refractivity contribution in [3.05, 3.63) is 0 Å². The molecule has 0 aromatic rings. The molecular formula is C11H19N3O4S. The van der Waals surface area contributed by atoms with Crippen molar-refractivity contribution < 1.29 is 19.5 Å². The first-order valence-corrected chi connectivity index (χ1v) is 7.38. The summed E-state index contributed by atoms with van der Waals surface area (Å²) in [5, 5.41) is 14.1. The average molecular weight is 289 g/mol. The van der Waals surface area contributed by atoms with E-state index in [1.807, 2.05) is 13.2 Å². The zero-order valence-corrected chi connectivity index (χ0v) is 11.8. The van der Waals surface area contributed by atoms with Crippen LogP contribution in [0.1, 0.15) is 6.92 Å². The van der Waals surface area contributed by atoms with E-state index in [1.54, 1.807) is 11.8 Å². The molecule has 1 aliphatic rings. The smallest absolute Gasteiger partial charge is 0.328 e. The molecule has 0 radical (unpaired) electrons. The van der Waals surface area contributed by atoms with Crippen LogP contribution in [0.4, 0.5) is 4.79 Å². The lowest BCUT2D eigenvalue weighted by Crippen LogP contribution is -2.61. The van der Waals surface area contributed by atoms with Crippen LogP contribution in [0.15, 0.2) is 0 Å². The summed E-state index contributed by atoms with van der Waals surface area (Å²) in [4.78, 5) is 35.3. The number of hydrogen-bond acceptors (Lipinski definition) is 4. The van der Waals surface area contributed by atoms with Crippen molar-refractivity contribution in [1.82, 2.24) is 15.5 Å². The quantitative estimate of drug-likeness (QED) is 0.638. The van der Waals surface area contributed by atoms with Gasteiger partial charge in [-0.3, -0.25) is 9.69 Å². The van der Waals surface area contributed by atoms with Gasteiger partial charge in [-0.1, -0.05) is 6.92 Å². The van der Waals surface area contributed by atoms with E-state index in [-0.39, 0.29) is 19.0 Å². The molecule has 1 fully saturated rings. The number of amides is 3. The van der Waals surface area contributed by atoms with Gasteiger partial charge in [0.25, 0.3) is 0 Å². The van der Waals surface area contributed by atoms with Crippen molar-refractivity contribution in [3.63, 3.8) is 0 Å². The Morgan fingerprint density at radius 1 is 1.63 bits per heavy atom. The van der Waals surface area contributed by atoms with E-state index in [1.165, 1.54) is 0 Å². The van der Waals surface area contributed by atoms with Gasteiger partial charge in [0, 0.05) is 13.1 Å². The van der Waals surface area contributed by atoms with E-state index in [0.29, 0.717) is 12.5 Å². The lowest BCUT2D eigenvalue weighted by Gasteiger charge is -2.32. The van der Waals surface area contributed by atoms with Crippen LogP contribution in [0.25, 0.3) is 0 Å². The highest BCUT2D eigenvalue weighted by atomic mass is 32.2. The fourth-order valence-corrected chi connectivity index (χ4v) is 2.47. The van der Waals surface area contributed by atoms with Gasteiger partial charge in [0.05, 0.1) is 0 Å². The number of nitrogens with zero attached hydrogens (tertiary/aromatic N) is 1. The van der Waals surface area contributed by atoms with Crippen LogP contribution in [0.3, 0.4) is 0 Å². The van der Waals surface area contributed by atoms with E-state index in [4.69, 9.17) is 5.11 Å². The first kappa shape index (κ1) is 15.6. The Hall–Kier alpha value is -1.44. The van der Waals surface area contributed by atoms with Gasteiger partial charge in [0.2, 0.25) is 5.91 Å². The Morgan fingerprint density at radius 2 is 2.32 bits per heavy atom. The molecule has 1 rings (SSSR count). The zero-order chi connectivity index (χ0) is 14.4. The molecule has 7 nitrogen and oxygen atoms in total. The summed E-state index contributed by atoms with van der Waals surface area (Å²) in [6.07, 6.45) is 1.98. The minimum atomic E-state index is -1.12. The Morgan fingerprint density at radius 3 is 2.89 bits per heavy atom. The molecule has 0 aromatic carbocycles. The number of nitrogens with one attached hydrogen (secondary N) is 2. The molecule has 19 heavy (non-hydrogen) atoms. The molecule has 0 aliphatic carbocycles. The number of carboxylic acids is 1. The number of carbonyl (C=O) groups is 3. The van der Waals surface area contributed by atoms with Gasteiger partial charge in [0.15, 0.2) is 0 Å². The minimum absolute atomic E-state index is 0.0536. The number of aliphatic carboxylic acids is 1. The van der Waals surface area contributed by atoms with Crippen LogP contribution >= 0.6 is 11.8 Å². The summed E-state index contributed by atoms with van der Waals surface area (Å²) in [5.74, 6) is -0.263. The molecule has 1 heterocycles. The highest BCUT2D eigenvalue weighted by Crippen LogP contribution is 2.06. The second-order valence-electron chi connectivity index (χ2n) is 4.53. The van der Waals surface area contributed by atoms with Crippen LogP contribution in [0.2, 0.25) is 0 Å². The highest BCUT2D eigenvalue weighted by Gasteiger charge is 2.35. The Kier molecular flexibility index (Phi) is 5.94. The van der Waals surface area contributed by atoms with E-state index >= 15 is 0 Å². The van der Waals surface area contributed by atoms with E-state index in [9.17, 15) is 14.4 Å². The summed E-state index contributed by atoms with van der Waals surface area (Å²) in [6, 6.07) is -1.51. The molecular weight excluding hydrogens is 270 g/mol. The van der Waals surface area contributed by atoms with Gasteiger partial charge < -0.3 is 15.7 Å². The van der Waals surface area contributed by atoms with Crippen molar-refractivity contribution in [2.45, 2.75) is 13.0 Å². The number of carbonyl (C=O) groups excluding carboxylic acids is 2. The SMILES string of the molecule is CSCC(C)CNC(=O)N1CC(=O)NCC1C(=O)O. The summed E-state index contributed by atoms with van der Waals surface area (Å²) >= 11 is 1.68. The first-order chi connectivity index (χ1) is 8.95. The molecule has 2 atom stereocenters. The van der Waals surface area contributed by atoms with Gasteiger partial charge in [-0.15, -0.1) is 0 Å². The Bertz CT molecular complexity index is 364. The molecule has 0 spiro atoms. The monoisotopic (exact) mass is 289 g/mol. The van der Waals surface area contributed by atoms with Crippen LogP contribution in [-0.4, -0.2) is 65.6 Å². The fourth-order valence-electron chi connectivity index (χ4n) is 1.78. The van der Waals surface area contributed by atoms with Crippen LogP contribution in [0.5, 0.6) is 0 Å². The Balaban J connectivity index is 2.56. The second-order valence-corrected chi connectivity index (χ2v) is 5.44. The van der Waals surface area contributed by atoms with E-state index in [0.717, 1.165) is 10.7 Å². The molecule has 108 valence electrons. The highest BCUT2D eigenvalue weighted by molar-refractivity contribution is 7.98. The maximum Gasteiger partial charge on any atom is 0.328 e. The van der Waals surface area contributed by atoms with Gasteiger partial charge in [-0.2, -0.15) is 11.8 Å². The molecule has 0 bridgehead atoms.